The number of nitrogen functional groups attached to an aromatic ring is 1. The topological polar surface area (TPSA) is 38.5 Å². The summed E-state index contributed by atoms with van der Waals surface area (Å²) in [5.41, 5.74) is 7.95. The fraction of sp³-hybridized carbons (Fsp3) is 0.571. The number of hydrogen-bond acceptors (Lipinski definition) is 3. The van der Waals surface area contributed by atoms with Gasteiger partial charge in [0, 0.05) is 31.9 Å². The molecule has 1 aliphatic heterocycles. The second-order valence-electron chi connectivity index (χ2n) is 4.68. The molecular weight excluding hydrogens is 212 g/mol. The Kier molecular flexibility index (Phi) is 4.40. The lowest BCUT2D eigenvalue weighted by atomic mass is 10.1. The fourth-order valence-electron chi connectivity index (χ4n) is 2.42. The third-order valence-electron chi connectivity index (χ3n) is 3.29. The first-order chi connectivity index (χ1) is 8.28. The van der Waals surface area contributed by atoms with Gasteiger partial charge in [-0.1, -0.05) is 12.1 Å². The maximum atomic E-state index is 5.79. The standard InChI is InChI=1S/C14H22N2O/c1-2-17-14-6-8-16(9-7-14)11-12-4-3-5-13(15)10-12/h3-5,10,14H,2,6-9,11,15H2,1H3. The van der Waals surface area contributed by atoms with Crippen LogP contribution in [0.4, 0.5) is 5.69 Å². The summed E-state index contributed by atoms with van der Waals surface area (Å²) in [5, 5.41) is 0. The van der Waals surface area contributed by atoms with Crippen LogP contribution in [-0.2, 0) is 11.3 Å². The Morgan fingerprint density at radius 1 is 1.35 bits per heavy atom. The van der Waals surface area contributed by atoms with E-state index in [2.05, 4.69) is 24.0 Å². The average Bonchev–Trinajstić information content (AvgIpc) is 2.32. The fourth-order valence-corrected chi connectivity index (χ4v) is 2.42. The Labute approximate surface area is 104 Å². The monoisotopic (exact) mass is 234 g/mol. The molecule has 0 saturated carbocycles. The molecule has 0 aliphatic carbocycles. The van der Waals surface area contributed by atoms with Crippen LogP contribution in [0, 0.1) is 0 Å². The predicted octanol–water partition coefficient (Wildman–Crippen LogP) is 2.27. The summed E-state index contributed by atoms with van der Waals surface area (Å²) >= 11 is 0. The van der Waals surface area contributed by atoms with Crippen molar-refractivity contribution in [1.82, 2.24) is 4.90 Å². The minimum absolute atomic E-state index is 0.470. The van der Waals surface area contributed by atoms with E-state index >= 15 is 0 Å². The zero-order valence-electron chi connectivity index (χ0n) is 10.6. The Balaban J connectivity index is 1.82. The highest BCUT2D eigenvalue weighted by Gasteiger charge is 2.18. The number of hydrogen-bond donors (Lipinski definition) is 1. The molecular formula is C14H22N2O. The van der Waals surface area contributed by atoms with Gasteiger partial charge in [0.25, 0.3) is 0 Å². The lowest BCUT2D eigenvalue weighted by Crippen LogP contribution is -2.36. The molecule has 3 nitrogen and oxygen atoms in total. The molecule has 2 rings (SSSR count). The van der Waals surface area contributed by atoms with E-state index in [4.69, 9.17) is 10.5 Å². The van der Waals surface area contributed by atoms with Gasteiger partial charge in [0.15, 0.2) is 0 Å². The number of likely N-dealkylation sites (tertiary alicyclic amines) is 1. The van der Waals surface area contributed by atoms with Gasteiger partial charge in [-0.2, -0.15) is 0 Å². The predicted molar refractivity (Wildman–Crippen MR) is 70.8 cm³/mol. The Bertz CT molecular complexity index is 346. The Hall–Kier alpha value is -1.06. The number of ether oxygens (including phenoxy) is 1. The van der Waals surface area contributed by atoms with Crippen molar-refractivity contribution in [3.8, 4) is 0 Å². The van der Waals surface area contributed by atoms with Crippen molar-refractivity contribution in [3.63, 3.8) is 0 Å². The van der Waals surface area contributed by atoms with Crippen LogP contribution in [0.5, 0.6) is 0 Å². The first kappa shape index (κ1) is 12.4. The van der Waals surface area contributed by atoms with Gasteiger partial charge < -0.3 is 10.5 Å². The molecule has 17 heavy (non-hydrogen) atoms. The van der Waals surface area contributed by atoms with Gasteiger partial charge in [0.2, 0.25) is 0 Å². The number of rotatable bonds is 4. The van der Waals surface area contributed by atoms with Crippen LogP contribution >= 0.6 is 0 Å². The van der Waals surface area contributed by atoms with E-state index in [1.807, 2.05) is 12.1 Å². The van der Waals surface area contributed by atoms with E-state index in [0.717, 1.165) is 44.8 Å². The minimum atomic E-state index is 0.470. The number of anilines is 1. The maximum Gasteiger partial charge on any atom is 0.0599 e. The SMILES string of the molecule is CCOC1CCN(Cc2cccc(N)c2)CC1. The molecule has 1 aromatic carbocycles. The molecule has 0 aromatic heterocycles. The Morgan fingerprint density at radius 3 is 2.76 bits per heavy atom. The van der Waals surface area contributed by atoms with Crippen LogP contribution in [-0.4, -0.2) is 30.7 Å². The Morgan fingerprint density at radius 2 is 2.12 bits per heavy atom. The number of nitrogens with zero attached hydrogens (tertiary/aromatic N) is 1. The summed E-state index contributed by atoms with van der Waals surface area (Å²) in [6, 6.07) is 8.17. The van der Waals surface area contributed by atoms with Crippen LogP contribution in [0.25, 0.3) is 0 Å². The lowest BCUT2D eigenvalue weighted by molar-refractivity contribution is 0.0125. The number of piperidine rings is 1. The van der Waals surface area contributed by atoms with Crippen molar-refractivity contribution in [1.29, 1.82) is 0 Å². The molecule has 0 spiro atoms. The summed E-state index contributed by atoms with van der Waals surface area (Å²) in [5.74, 6) is 0. The third-order valence-corrected chi connectivity index (χ3v) is 3.29. The van der Waals surface area contributed by atoms with Gasteiger partial charge in [-0.3, -0.25) is 4.90 Å². The van der Waals surface area contributed by atoms with Crippen molar-refractivity contribution < 1.29 is 4.74 Å². The molecule has 1 aliphatic rings. The third kappa shape index (κ3) is 3.72. The van der Waals surface area contributed by atoms with Gasteiger partial charge in [-0.05, 0) is 37.5 Å². The first-order valence-electron chi connectivity index (χ1n) is 6.46. The summed E-state index contributed by atoms with van der Waals surface area (Å²) in [4.78, 5) is 2.48. The quantitative estimate of drug-likeness (QED) is 0.812. The van der Waals surface area contributed by atoms with Crippen LogP contribution in [0.3, 0.4) is 0 Å². The normalized spacial score (nSPS) is 18.4. The molecule has 1 fully saturated rings. The van der Waals surface area contributed by atoms with Crippen LogP contribution in [0.1, 0.15) is 25.3 Å². The molecule has 1 heterocycles. The van der Waals surface area contributed by atoms with E-state index in [1.54, 1.807) is 0 Å². The molecule has 0 amide bonds. The highest BCUT2D eigenvalue weighted by atomic mass is 16.5. The van der Waals surface area contributed by atoms with E-state index < -0.39 is 0 Å². The molecule has 0 radical (unpaired) electrons. The lowest BCUT2D eigenvalue weighted by Gasteiger charge is -2.31. The van der Waals surface area contributed by atoms with Gasteiger partial charge >= 0.3 is 0 Å². The molecule has 0 bridgehead atoms. The van der Waals surface area contributed by atoms with Crippen molar-refractivity contribution in [2.75, 3.05) is 25.4 Å². The molecule has 0 atom stereocenters. The number of nitrogens with two attached hydrogens (primary N) is 1. The van der Waals surface area contributed by atoms with E-state index in [1.165, 1.54) is 5.56 Å². The van der Waals surface area contributed by atoms with Crippen molar-refractivity contribution in [2.45, 2.75) is 32.4 Å². The summed E-state index contributed by atoms with van der Waals surface area (Å²) in [7, 11) is 0. The smallest absolute Gasteiger partial charge is 0.0599 e. The van der Waals surface area contributed by atoms with E-state index in [0.29, 0.717) is 6.10 Å². The summed E-state index contributed by atoms with van der Waals surface area (Å²) in [6.45, 7) is 6.15. The molecule has 2 N–H and O–H groups in total. The second kappa shape index (κ2) is 6.03. The van der Waals surface area contributed by atoms with Crippen molar-refractivity contribution in [2.24, 2.45) is 0 Å². The van der Waals surface area contributed by atoms with E-state index in [9.17, 15) is 0 Å². The van der Waals surface area contributed by atoms with Gasteiger partial charge in [0.1, 0.15) is 0 Å². The summed E-state index contributed by atoms with van der Waals surface area (Å²) in [6.07, 6.45) is 2.77. The van der Waals surface area contributed by atoms with Crippen molar-refractivity contribution in [3.05, 3.63) is 29.8 Å². The van der Waals surface area contributed by atoms with Gasteiger partial charge in [0.05, 0.1) is 6.10 Å². The van der Waals surface area contributed by atoms with Gasteiger partial charge in [-0.15, -0.1) is 0 Å². The van der Waals surface area contributed by atoms with E-state index in [-0.39, 0.29) is 0 Å². The average molecular weight is 234 g/mol. The van der Waals surface area contributed by atoms with Crippen LogP contribution in [0.15, 0.2) is 24.3 Å². The number of benzene rings is 1. The van der Waals surface area contributed by atoms with Gasteiger partial charge in [-0.25, -0.2) is 0 Å². The molecule has 94 valence electrons. The zero-order chi connectivity index (χ0) is 12.1. The van der Waals surface area contributed by atoms with Crippen LogP contribution in [0.2, 0.25) is 0 Å². The van der Waals surface area contributed by atoms with Crippen LogP contribution < -0.4 is 5.73 Å². The second-order valence-corrected chi connectivity index (χ2v) is 4.68. The maximum absolute atomic E-state index is 5.79. The largest absolute Gasteiger partial charge is 0.399 e. The molecule has 0 unspecified atom stereocenters. The molecule has 1 saturated heterocycles. The molecule has 1 aromatic rings. The zero-order valence-corrected chi connectivity index (χ0v) is 10.6. The molecule has 3 heteroatoms. The minimum Gasteiger partial charge on any atom is -0.399 e. The van der Waals surface area contributed by atoms with Crippen molar-refractivity contribution >= 4 is 5.69 Å². The summed E-state index contributed by atoms with van der Waals surface area (Å²) < 4.78 is 5.65. The first-order valence-corrected chi connectivity index (χ1v) is 6.46. The highest BCUT2D eigenvalue weighted by Crippen LogP contribution is 2.17. The highest BCUT2D eigenvalue weighted by molar-refractivity contribution is 5.40.